The molecule has 6 aliphatic carbocycles. The van der Waals surface area contributed by atoms with Gasteiger partial charge in [-0.3, -0.25) is 28.8 Å². The number of benzene rings is 14. The number of carbonyl (C=O) groups is 6. The Bertz CT molecular complexity index is 7590. The monoisotopic (exact) mass is 1820 g/mol. The molecule has 136 heavy (non-hydrogen) atoms. The van der Waals surface area contributed by atoms with Crippen molar-refractivity contribution in [3.05, 3.63) is 432 Å². The van der Waals surface area contributed by atoms with Crippen molar-refractivity contribution in [3.63, 3.8) is 0 Å². The SMILES string of the molecule is CC(C)(O)c1cc[n+](CC2=Cc3cccc4cccc(c34)C2=O)cc1.COc1cc(CO)ccc1OCC1=Cc2cccc3cccc(c23)C1=O.C[N+](C)(CCO)CC1=Cc2cccc3cccc(c23)C1=O.O=C1C(CO)=Cc2cccc3cccc1c23.O=C1C(COc2ccc(CO)cc2)=Cc2cccc3cccc1c23.O=C1C(C[n+]2ccc(CO)cc2)=Cc2cccc3cccc1c23.[Cl-]. The van der Waals surface area contributed by atoms with E-state index in [-0.39, 0.29) is 93.4 Å². The summed E-state index contributed by atoms with van der Waals surface area (Å²) in [6.45, 7) is 6.08. The highest BCUT2D eigenvalue weighted by Crippen LogP contribution is 2.40. The molecule has 0 aliphatic heterocycles. The van der Waals surface area contributed by atoms with E-state index in [9.17, 15) is 39.0 Å². The van der Waals surface area contributed by atoms with E-state index in [1.807, 2.05) is 315 Å². The Labute approximate surface area is 793 Å². The van der Waals surface area contributed by atoms with E-state index in [2.05, 4.69) is 18.2 Å². The normalized spacial score (nSPS) is 13.4. The Hall–Kier alpha value is -15.2. The number of nitrogens with zero attached hydrogens (tertiary/aromatic N) is 3. The summed E-state index contributed by atoms with van der Waals surface area (Å²) in [6, 6.07) is 91.2. The molecule has 0 saturated carbocycles. The van der Waals surface area contributed by atoms with Crippen molar-refractivity contribution in [2.45, 2.75) is 52.4 Å². The highest BCUT2D eigenvalue weighted by atomic mass is 35.5. The zero-order valence-electron chi connectivity index (χ0n) is 75.8. The molecule has 19 heteroatoms. The Morgan fingerprint density at radius 3 is 0.949 bits per heavy atom. The third-order valence-corrected chi connectivity index (χ3v) is 25.0. The van der Waals surface area contributed by atoms with Crippen LogP contribution in [-0.4, -0.2) is 131 Å². The number of methoxy groups -OCH3 is 1. The molecule has 14 aromatic carbocycles. The standard InChI is InChI=1S/C22H20NO2.C22H18O4.C21H16O3.C20H16NO2.C18H20NO2.C14H10O2.ClH/c1-22(2,25)18-9-11-23(12-10-18)14-17-13-16-7-3-5-15-6-4-8-19(20(15)16)21(17)24;1-25-20-10-14(12-23)8-9-19(20)26-13-17-11-16-6-2-4-15-5-3-7-18(21(15)16)22(17)24;22-12-14-7-9-18(10-8-14)24-13-17-11-16-5-1-3-15-4-2-6-19(20(15)16)21(17)23;22-13-14-7-9-21(10-8-14)12-17-11-16-5-1-3-15-4-2-6-18(19(15)16)20(17)23;1-19(2,9-10-20)12-15-11-14-7-3-5-13-6-4-8-16(17(13)14)18(15)21;15-8-11-7-10-5-1-3-9-4-2-6-12(13(9)10)14(11)16;/h3-13,25H,14H2,1-2H3;2-11,23H,12-13H2,1H3;1-11,22H,12-13H2;1-11,22H,12-13H2;3-8,11,20H,9-10,12H2,1-2H3;1-7,15H,8H2;1H/q+1;;;2*+1;;/p-1. The molecule has 2 heterocycles. The van der Waals surface area contributed by atoms with Crippen LogP contribution in [0, 0.1) is 0 Å². The molecule has 16 aromatic rings. The van der Waals surface area contributed by atoms with Crippen LogP contribution < -0.4 is 35.8 Å². The number of aliphatic hydroxyl groups is 6. The van der Waals surface area contributed by atoms with E-state index in [4.69, 9.17) is 34.6 Å². The number of ether oxygens (including phenoxy) is 3. The Kier molecular flexibility index (Phi) is 28.4. The van der Waals surface area contributed by atoms with Crippen molar-refractivity contribution in [2.75, 3.05) is 60.7 Å². The highest BCUT2D eigenvalue weighted by molar-refractivity contribution is 6.27. The van der Waals surface area contributed by atoms with Crippen LogP contribution in [0.4, 0.5) is 0 Å². The lowest BCUT2D eigenvalue weighted by atomic mass is 9.87. The first kappa shape index (κ1) is 94.0. The van der Waals surface area contributed by atoms with Gasteiger partial charge in [-0.15, -0.1) is 0 Å². The fraction of sp³-hybridized carbons (Fsp3) is 0.145. The zero-order chi connectivity index (χ0) is 94.2. The first-order chi connectivity index (χ1) is 65.5. The molecule has 6 N–H and O–H groups in total. The molecule has 0 spiro atoms. The van der Waals surface area contributed by atoms with Crippen LogP contribution in [0.15, 0.2) is 343 Å². The van der Waals surface area contributed by atoms with Crippen molar-refractivity contribution < 1.29 is 99.6 Å². The number of likely N-dealkylation sites (N-methyl/N-ethyl adjacent to an activating group) is 1. The molecule has 2 aromatic heterocycles. The molecule has 0 unspecified atom stereocenters. The van der Waals surface area contributed by atoms with Crippen molar-refractivity contribution in [2.24, 2.45) is 0 Å². The smallest absolute Gasteiger partial charge is 0.196 e. The van der Waals surface area contributed by atoms with Gasteiger partial charge in [-0.05, 0) is 163 Å². The molecule has 0 atom stereocenters. The zero-order valence-corrected chi connectivity index (χ0v) is 76.5. The third-order valence-electron chi connectivity index (χ3n) is 25.0. The average molecular weight is 1820 g/mol. The number of rotatable bonds is 20. The molecule has 0 radical (unpaired) electrons. The molecular formula is C117H100ClN3O15+2. The van der Waals surface area contributed by atoms with E-state index < -0.39 is 5.60 Å². The van der Waals surface area contributed by atoms with Gasteiger partial charge in [0.1, 0.15) is 32.1 Å². The third kappa shape index (κ3) is 20.0. The van der Waals surface area contributed by atoms with Crippen molar-refractivity contribution in [1.29, 1.82) is 0 Å². The van der Waals surface area contributed by atoms with Gasteiger partial charge in [0.05, 0.1) is 76.6 Å². The Morgan fingerprint density at radius 2 is 0.610 bits per heavy atom. The summed E-state index contributed by atoms with van der Waals surface area (Å²) < 4.78 is 21.4. The maximum absolute atomic E-state index is 12.9. The first-order valence-corrected chi connectivity index (χ1v) is 44.7. The number of aliphatic hydroxyl groups excluding tert-OH is 5. The first-order valence-electron chi connectivity index (χ1n) is 44.7. The summed E-state index contributed by atoms with van der Waals surface area (Å²) in [5, 5.41) is 68.4. The number of carbonyl (C=O) groups excluding carboxylic acids is 6. The van der Waals surface area contributed by atoms with E-state index in [0.717, 1.165) is 159 Å². The lowest BCUT2D eigenvalue weighted by Gasteiger charge is -2.30. The van der Waals surface area contributed by atoms with Crippen LogP contribution in [0.25, 0.3) is 101 Å². The van der Waals surface area contributed by atoms with Crippen molar-refractivity contribution >= 4 is 136 Å². The molecule has 18 nitrogen and oxygen atoms in total. The highest BCUT2D eigenvalue weighted by Gasteiger charge is 2.32. The van der Waals surface area contributed by atoms with Crippen LogP contribution >= 0.6 is 0 Å². The van der Waals surface area contributed by atoms with Crippen LogP contribution in [-0.2, 0) is 38.5 Å². The predicted molar refractivity (Wildman–Crippen MR) is 530 cm³/mol. The van der Waals surface area contributed by atoms with Gasteiger partial charge in [0.15, 0.2) is 84.1 Å². The van der Waals surface area contributed by atoms with Crippen LogP contribution in [0.3, 0.4) is 0 Å². The molecule has 22 rings (SSSR count). The number of aromatic nitrogens is 2. The van der Waals surface area contributed by atoms with Gasteiger partial charge >= 0.3 is 0 Å². The van der Waals surface area contributed by atoms with Gasteiger partial charge in [0.25, 0.3) is 0 Å². The van der Waals surface area contributed by atoms with Crippen LogP contribution in [0.5, 0.6) is 17.2 Å². The number of ketones is 6. The Morgan fingerprint density at radius 1 is 0.316 bits per heavy atom. The molecule has 0 saturated heterocycles. The van der Waals surface area contributed by atoms with Gasteiger partial charge in [-0.2, -0.15) is 0 Å². The van der Waals surface area contributed by atoms with Gasteiger partial charge in [0, 0.05) is 107 Å². The molecular weight excluding hydrogens is 1720 g/mol. The van der Waals surface area contributed by atoms with Crippen LogP contribution in [0.2, 0.25) is 0 Å². The molecule has 678 valence electrons. The number of pyridine rings is 2. The topological polar surface area (TPSA) is 259 Å². The van der Waals surface area contributed by atoms with Gasteiger partial charge < -0.3 is 61.7 Å². The lowest BCUT2D eigenvalue weighted by molar-refractivity contribution is -0.885. The quantitative estimate of drug-likeness (QED) is 0.0306. The molecule has 6 aliphatic rings. The second-order valence-electron chi connectivity index (χ2n) is 35.1. The summed E-state index contributed by atoms with van der Waals surface area (Å²) in [7, 11) is 5.61. The van der Waals surface area contributed by atoms with E-state index in [1.165, 1.54) is 0 Å². The molecule has 0 fully saturated rings. The van der Waals surface area contributed by atoms with E-state index >= 15 is 0 Å². The molecule has 0 amide bonds. The largest absolute Gasteiger partial charge is 1.00 e. The van der Waals surface area contributed by atoms with E-state index in [0.29, 0.717) is 75.8 Å². The van der Waals surface area contributed by atoms with E-state index in [1.54, 1.807) is 57.4 Å². The van der Waals surface area contributed by atoms with Crippen LogP contribution in [0.1, 0.15) is 132 Å². The lowest BCUT2D eigenvalue weighted by Crippen LogP contribution is -3.00. The van der Waals surface area contributed by atoms with Crippen molar-refractivity contribution in [1.82, 2.24) is 0 Å². The number of hydrogen-bond donors (Lipinski definition) is 6. The predicted octanol–water partition coefficient (Wildman–Crippen LogP) is 16.4. The Balaban J connectivity index is 0.000000119. The van der Waals surface area contributed by atoms with Gasteiger partial charge in [-0.1, -0.05) is 237 Å². The summed E-state index contributed by atoms with van der Waals surface area (Å²) in [5.74, 6) is 1.98. The number of quaternary nitrogens is 1. The van der Waals surface area contributed by atoms with Gasteiger partial charge in [-0.25, -0.2) is 9.13 Å². The fourth-order valence-electron chi connectivity index (χ4n) is 18.1. The summed E-state index contributed by atoms with van der Waals surface area (Å²) in [6.07, 6.45) is 19.2. The molecule has 0 bridgehead atoms. The maximum Gasteiger partial charge on any atom is 0.196 e. The average Bonchev–Trinajstić information content (AvgIpc) is 0.775. The maximum atomic E-state index is 12.9. The second-order valence-corrected chi connectivity index (χ2v) is 35.1. The summed E-state index contributed by atoms with van der Waals surface area (Å²) in [5.41, 5.74) is 17.4. The summed E-state index contributed by atoms with van der Waals surface area (Å²) in [4.78, 5) is 76.1. The summed E-state index contributed by atoms with van der Waals surface area (Å²) >= 11 is 0. The number of hydrogen-bond acceptors (Lipinski definition) is 15. The number of allylic oxidation sites excluding steroid dienone is 2. The van der Waals surface area contributed by atoms with Gasteiger partial charge in [0.2, 0.25) is 0 Å². The number of Topliss-reactive ketones (excluding diaryl/α,β-unsaturated/α-hetero) is 6. The second kappa shape index (κ2) is 41.1. The minimum absolute atomic E-state index is 0. The number of halogens is 1. The van der Waals surface area contributed by atoms with Crippen molar-refractivity contribution in [3.8, 4) is 17.2 Å². The minimum atomic E-state index is -0.867. The fourth-order valence-corrected chi connectivity index (χ4v) is 18.1. The minimum Gasteiger partial charge on any atom is -1.00 e.